The number of nitrogens with two attached hydrogens (primary N) is 1. The fourth-order valence-electron chi connectivity index (χ4n) is 0.919. The minimum absolute atomic E-state index is 0.0143. The zero-order chi connectivity index (χ0) is 10.3. The molecule has 0 bridgehead atoms. The van der Waals surface area contributed by atoms with Crippen LogP contribution in [-0.4, -0.2) is 35.1 Å². The van der Waals surface area contributed by atoms with Gasteiger partial charge in [0.05, 0.1) is 6.04 Å². The molecule has 0 radical (unpaired) electrons. The predicted octanol–water partition coefficient (Wildman–Crippen LogP) is 0.853. The molecule has 4 N–H and O–H groups in total. The van der Waals surface area contributed by atoms with Gasteiger partial charge in [0, 0.05) is 11.8 Å². The van der Waals surface area contributed by atoms with Gasteiger partial charge in [-0.25, -0.2) is 0 Å². The van der Waals surface area contributed by atoms with Crippen LogP contribution in [-0.2, 0) is 0 Å². The van der Waals surface area contributed by atoms with Gasteiger partial charge in [-0.2, -0.15) is 11.8 Å². The summed E-state index contributed by atoms with van der Waals surface area (Å²) in [7, 11) is 0. The first-order valence-corrected chi connectivity index (χ1v) is 5.68. The lowest BCUT2D eigenvalue weighted by Gasteiger charge is -2.17. The summed E-state index contributed by atoms with van der Waals surface area (Å²) in [5.74, 6) is 0.260. The Hall–Kier alpha value is -0.420. The topological polar surface area (TPSA) is 70.6 Å². The van der Waals surface area contributed by atoms with Crippen LogP contribution in [0.4, 0.5) is 0 Å². The lowest BCUT2D eigenvalue weighted by atomic mass is 10.2. The third kappa shape index (κ3) is 5.00. The summed E-state index contributed by atoms with van der Waals surface area (Å²) in [4.78, 5) is 0. The molecule has 0 aromatic carbocycles. The second-order valence-corrected chi connectivity index (χ2v) is 4.22. The Kier molecular flexibility index (Phi) is 6.80. The standard InChI is InChI=1S/C8H19N3OS/c1-4-7(8(9)11-12)10-5-6(2)13-3/h6-7,10,12H,4-5H2,1-3H3,(H2,9,11). The van der Waals surface area contributed by atoms with Crippen LogP contribution in [0.3, 0.4) is 0 Å². The highest BCUT2D eigenvalue weighted by atomic mass is 32.2. The van der Waals surface area contributed by atoms with E-state index in [9.17, 15) is 0 Å². The Balaban J connectivity index is 3.85. The van der Waals surface area contributed by atoms with E-state index >= 15 is 0 Å². The number of hydrogen-bond donors (Lipinski definition) is 3. The summed E-state index contributed by atoms with van der Waals surface area (Å²) < 4.78 is 0. The maximum absolute atomic E-state index is 8.48. The zero-order valence-corrected chi connectivity index (χ0v) is 9.27. The molecule has 78 valence electrons. The summed E-state index contributed by atoms with van der Waals surface area (Å²) in [6.45, 7) is 5.01. The minimum atomic E-state index is -0.0143. The summed E-state index contributed by atoms with van der Waals surface area (Å²) >= 11 is 1.79. The van der Waals surface area contributed by atoms with Gasteiger partial charge in [-0.3, -0.25) is 0 Å². The highest BCUT2D eigenvalue weighted by Crippen LogP contribution is 2.03. The molecule has 13 heavy (non-hydrogen) atoms. The summed E-state index contributed by atoms with van der Waals surface area (Å²) in [6, 6.07) is -0.0143. The van der Waals surface area contributed by atoms with Gasteiger partial charge >= 0.3 is 0 Å². The van der Waals surface area contributed by atoms with Crippen molar-refractivity contribution in [2.24, 2.45) is 10.9 Å². The maximum atomic E-state index is 8.48. The van der Waals surface area contributed by atoms with Crippen molar-refractivity contribution >= 4 is 17.6 Å². The molecular formula is C8H19N3OS. The molecule has 0 aliphatic carbocycles. The van der Waals surface area contributed by atoms with Crippen molar-refractivity contribution in [2.45, 2.75) is 31.6 Å². The van der Waals surface area contributed by atoms with Gasteiger partial charge in [0.2, 0.25) is 0 Å². The van der Waals surface area contributed by atoms with Crippen LogP contribution in [0.25, 0.3) is 0 Å². The molecule has 0 aromatic rings. The summed E-state index contributed by atoms with van der Waals surface area (Å²) in [5.41, 5.74) is 5.49. The van der Waals surface area contributed by atoms with Crippen LogP contribution < -0.4 is 11.1 Å². The first-order chi connectivity index (χ1) is 6.15. The van der Waals surface area contributed by atoms with E-state index in [4.69, 9.17) is 10.9 Å². The van der Waals surface area contributed by atoms with Crippen molar-refractivity contribution in [3.8, 4) is 0 Å². The second-order valence-electron chi connectivity index (χ2n) is 2.94. The lowest BCUT2D eigenvalue weighted by Crippen LogP contribution is -2.43. The molecule has 0 rings (SSSR count). The van der Waals surface area contributed by atoms with Gasteiger partial charge < -0.3 is 16.3 Å². The van der Waals surface area contributed by atoms with E-state index in [0.717, 1.165) is 13.0 Å². The number of hydrogen-bond acceptors (Lipinski definition) is 4. The quantitative estimate of drug-likeness (QED) is 0.260. The fourth-order valence-corrected chi connectivity index (χ4v) is 1.18. The first-order valence-electron chi connectivity index (χ1n) is 4.39. The highest BCUT2D eigenvalue weighted by Gasteiger charge is 2.11. The van der Waals surface area contributed by atoms with Crippen LogP contribution >= 0.6 is 11.8 Å². The molecule has 4 nitrogen and oxygen atoms in total. The lowest BCUT2D eigenvalue weighted by molar-refractivity contribution is 0.314. The van der Waals surface area contributed by atoms with Gasteiger partial charge in [-0.05, 0) is 12.7 Å². The zero-order valence-electron chi connectivity index (χ0n) is 8.45. The molecule has 0 saturated carbocycles. The van der Waals surface area contributed by atoms with E-state index in [0.29, 0.717) is 5.25 Å². The first kappa shape index (κ1) is 12.6. The van der Waals surface area contributed by atoms with Crippen molar-refractivity contribution in [3.05, 3.63) is 0 Å². The Morgan fingerprint density at radius 2 is 2.31 bits per heavy atom. The largest absolute Gasteiger partial charge is 0.409 e. The molecule has 5 heteroatoms. The van der Waals surface area contributed by atoms with E-state index < -0.39 is 0 Å². The number of oxime groups is 1. The van der Waals surface area contributed by atoms with Crippen molar-refractivity contribution in [3.63, 3.8) is 0 Å². The van der Waals surface area contributed by atoms with Crippen LogP contribution in [0.5, 0.6) is 0 Å². The van der Waals surface area contributed by atoms with Gasteiger partial charge in [0.25, 0.3) is 0 Å². The molecule has 0 saturated heterocycles. The molecule has 0 heterocycles. The Bertz CT molecular complexity index is 163. The van der Waals surface area contributed by atoms with Crippen LogP contribution in [0.2, 0.25) is 0 Å². The molecule has 0 spiro atoms. The number of nitrogens with one attached hydrogen (secondary N) is 1. The average molecular weight is 205 g/mol. The third-order valence-corrected chi connectivity index (χ3v) is 2.91. The SMILES string of the molecule is CCC(NCC(C)SC)C(N)=NO. The molecule has 0 amide bonds. The van der Waals surface area contributed by atoms with Gasteiger partial charge in [0.1, 0.15) is 0 Å². The van der Waals surface area contributed by atoms with Gasteiger partial charge in [0.15, 0.2) is 5.84 Å². The van der Waals surface area contributed by atoms with Crippen LogP contribution in [0.15, 0.2) is 5.16 Å². The summed E-state index contributed by atoms with van der Waals surface area (Å²) in [6.07, 6.45) is 2.90. The number of rotatable bonds is 6. The highest BCUT2D eigenvalue weighted by molar-refractivity contribution is 7.99. The predicted molar refractivity (Wildman–Crippen MR) is 58.5 cm³/mol. The number of thioether (sulfide) groups is 1. The van der Waals surface area contributed by atoms with Crippen molar-refractivity contribution in [2.75, 3.05) is 12.8 Å². The van der Waals surface area contributed by atoms with E-state index in [1.165, 1.54) is 0 Å². The van der Waals surface area contributed by atoms with Crippen molar-refractivity contribution in [1.82, 2.24) is 5.32 Å². The molecule has 2 atom stereocenters. The van der Waals surface area contributed by atoms with E-state index in [1.54, 1.807) is 11.8 Å². The number of amidine groups is 1. The van der Waals surface area contributed by atoms with Gasteiger partial charge in [-0.1, -0.05) is 19.0 Å². The van der Waals surface area contributed by atoms with Crippen molar-refractivity contribution < 1.29 is 5.21 Å². The maximum Gasteiger partial charge on any atom is 0.156 e. The molecular weight excluding hydrogens is 186 g/mol. The van der Waals surface area contributed by atoms with Crippen LogP contribution in [0.1, 0.15) is 20.3 Å². The minimum Gasteiger partial charge on any atom is -0.409 e. The monoisotopic (exact) mass is 205 g/mol. The molecule has 0 aliphatic heterocycles. The average Bonchev–Trinajstić information content (AvgIpc) is 2.17. The van der Waals surface area contributed by atoms with Crippen LogP contribution in [0, 0.1) is 0 Å². The summed E-state index contributed by atoms with van der Waals surface area (Å²) in [5, 5.41) is 15.2. The number of nitrogens with zero attached hydrogens (tertiary/aromatic N) is 1. The molecule has 2 unspecified atom stereocenters. The second kappa shape index (κ2) is 7.03. The van der Waals surface area contributed by atoms with E-state index in [-0.39, 0.29) is 11.9 Å². The third-order valence-electron chi connectivity index (χ3n) is 1.93. The van der Waals surface area contributed by atoms with Gasteiger partial charge in [-0.15, -0.1) is 0 Å². The fraction of sp³-hybridized carbons (Fsp3) is 0.875. The van der Waals surface area contributed by atoms with Crippen molar-refractivity contribution in [1.29, 1.82) is 0 Å². The Morgan fingerprint density at radius 1 is 1.69 bits per heavy atom. The molecule has 0 aliphatic rings. The molecule has 0 fully saturated rings. The Labute approximate surface area is 84.0 Å². The van der Waals surface area contributed by atoms with E-state index in [2.05, 4.69) is 23.7 Å². The smallest absolute Gasteiger partial charge is 0.156 e. The Morgan fingerprint density at radius 3 is 2.69 bits per heavy atom. The normalized spacial score (nSPS) is 17.0. The molecule has 0 aromatic heterocycles. The van der Waals surface area contributed by atoms with E-state index in [1.807, 2.05) is 6.92 Å².